The van der Waals surface area contributed by atoms with E-state index >= 15 is 0 Å². The summed E-state index contributed by atoms with van der Waals surface area (Å²) in [6, 6.07) is 6.91. The van der Waals surface area contributed by atoms with Crippen LogP contribution in [0.3, 0.4) is 0 Å². The van der Waals surface area contributed by atoms with Gasteiger partial charge in [0.15, 0.2) is 0 Å². The minimum absolute atomic E-state index is 0.0222. The van der Waals surface area contributed by atoms with E-state index in [1.54, 1.807) is 16.8 Å². The van der Waals surface area contributed by atoms with Gasteiger partial charge in [0.2, 0.25) is 15.9 Å². The van der Waals surface area contributed by atoms with E-state index in [9.17, 15) is 13.2 Å². The summed E-state index contributed by atoms with van der Waals surface area (Å²) in [5, 5.41) is 7.07. The number of amides is 1. The van der Waals surface area contributed by atoms with Crippen LogP contribution < -0.4 is 5.32 Å². The molecule has 9 heteroatoms. The van der Waals surface area contributed by atoms with Crippen LogP contribution in [0.4, 0.5) is 0 Å². The van der Waals surface area contributed by atoms with Crippen LogP contribution in [0.1, 0.15) is 17.5 Å². The minimum Gasteiger partial charge on any atom is -0.355 e. The average molecular weight is 420 g/mol. The molecule has 3 rings (SSSR count). The van der Waals surface area contributed by atoms with Gasteiger partial charge in [-0.3, -0.25) is 14.4 Å². The number of nitrogens with one attached hydrogen (secondary N) is 1. The number of benzene rings is 1. The van der Waals surface area contributed by atoms with Crippen molar-refractivity contribution < 1.29 is 13.2 Å². The molecule has 1 amide bonds. The van der Waals surface area contributed by atoms with E-state index in [0.717, 1.165) is 24.0 Å². The quantitative estimate of drug-likeness (QED) is 0.639. The molecule has 0 aliphatic carbocycles. The summed E-state index contributed by atoms with van der Waals surface area (Å²) in [6.07, 6.45) is 5.56. The summed E-state index contributed by atoms with van der Waals surface area (Å²) in [6.45, 7) is 4.73. The highest BCUT2D eigenvalue weighted by Crippen LogP contribution is 2.18. The Morgan fingerprint density at radius 2 is 1.83 bits per heavy atom. The van der Waals surface area contributed by atoms with Crippen LogP contribution in [0.2, 0.25) is 0 Å². The first-order valence-corrected chi connectivity index (χ1v) is 11.3. The molecule has 1 saturated heterocycles. The zero-order valence-electron chi connectivity index (χ0n) is 17.0. The molecule has 0 radical (unpaired) electrons. The molecule has 158 valence electrons. The molecule has 0 spiro atoms. The van der Waals surface area contributed by atoms with Crippen molar-refractivity contribution in [2.24, 2.45) is 7.05 Å². The molecule has 1 aromatic heterocycles. The second-order valence-electron chi connectivity index (χ2n) is 7.47. The Kier molecular flexibility index (Phi) is 7.05. The zero-order valence-corrected chi connectivity index (χ0v) is 17.9. The van der Waals surface area contributed by atoms with E-state index in [0.29, 0.717) is 44.2 Å². The molecule has 2 aromatic rings. The lowest BCUT2D eigenvalue weighted by Gasteiger charge is -2.33. The average Bonchev–Trinajstić information content (AvgIpc) is 3.11. The van der Waals surface area contributed by atoms with Crippen molar-refractivity contribution in [3.8, 4) is 0 Å². The van der Waals surface area contributed by atoms with E-state index in [1.165, 1.54) is 4.31 Å². The summed E-state index contributed by atoms with van der Waals surface area (Å²) in [5.41, 5.74) is 2.19. The van der Waals surface area contributed by atoms with Gasteiger partial charge in [0.05, 0.1) is 17.6 Å². The van der Waals surface area contributed by atoms with Crippen LogP contribution in [-0.2, 0) is 28.3 Å². The SMILES string of the molecule is Cc1ccc(S(=O)(=O)N2CCN(CC(=O)NCCCc3cnn(C)c3)CC2)cc1. The monoisotopic (exact) mass is 419 g/mol. The first-order valence-electron chi connectivity index (χ1n) is 9.88. The maximum Gasteiger partial charge on any atom is 0.243 e. The highest BCUT2D eigenvalue weighted by atomic mass is 32.2. The molecule has 1 fully saturated rings. The number of rotatable bonds is 8. The smallest absolute Gasteiger partial charge is 0.243 e. The molecule has 1 aliphatic heterocycles. The van der Waals surface area contributed by atoms with Crippen LogP contribution in [-0.4, -0.2) is 72.6 Å². The van der Waals surface area contributed by atoms with Crippen LogP contribution in [0.15, 0.2) is 41.6 Å². The van der Waals surface area contributed by atoms with Crippen LogP contribution in [0.25, 0.3) is 0 Å². The van der Waals surface area contributed by atoms with Gasteiger partial charge in [-0.1, -0.05) is 17.7 Å². The molecule has 29 heavy (non-hydrogen) atoms. The Balaban J connectivity index is 1.38. The van der Waals surface area contributed by atoms with Crippen molar-refractivity contribution in [1.82, 2.24) is 24.3 Å². The van der Waals surface area contributed by atoms with Gasteiger partial charge in [-0.15, -0.1) is 0 Å². The van der Waals surface area contributed by atoms with Crippen molar-refractivity contribution >= 4 is 15.9 Å². The lowest BCUT2D eigenvalue weighted by molar-refractivity contribution is -0.122. The number of piperazine rings is 1. The third-order valence-corrected chi connectivity index (χ3v) is 6.99. The topological polar surface area (TPSA) is 87.5 Å². The molecule has 1 aromatic carbocycles. The first kappa shape index (κ1) is 21.5. The largest absolute Gasteiger partial charge is 0.355 e. The summed E-state index contributed by atoms with van der Waals surface area (Å²) >= 11 is 0. The summed E-state index contributed by atoms with van der Waals surface area (Å²) < 4.78 is 28.8. The molecule has 0 atom stereocenters. The van der Waals surface area contributed by atoms with E-state index in [2.05, 4.69) is 10.4 Å². The molecule has 1 aliphatic rings. The van der Waals surface area contributed by atoms with Crippen LogP contribution in [0.5, 0.6) is 0 Å². The molecular weight excluding hydrogens is 390 g/mol. The summed E-state index contributed by atoms with van der Waals surface area (Å²) in [5.74, 6) is -0.0222. The molecular formula is C20H29N5O3S. The number of sulfonamides is 1. The van der Waals surface area contributed by atoms with E-state index in [-0.39, 0.29) is 5.91 Å². The van der Waals surface area contributed by atoms with Gasteiger partial charge in [-0.2, -0.15) is 9.40 Å². The standard InChI is InChI=1S/C20H29N5O3S/c1-17-5-7-19(8-6-17)29(27,28)25-12-10-24(11-13-25)16-20(26)21-9-3-4-18-14-22-23(2)15-18/h5-8,14-15H,3-4,9-13,16H2,1-2H3,(H,21,26). The van der Waals surface area contributed by atoms with Crippen molar-refractivity contribution in [2.45, 2.75) is 24.7 Å². The zero-order chi connectivity index (χ0) is 20.9. The maximum absolute atomic E-state index is 12.7. The molecule has 8 nitrogen and oxygen atoms in total. The third-order valence-electron chi connectivity index (χ3n) is 5.08. The highest BCUT2D eigenvalue weighted by molar-refractivity contribution is 7.89. The first-order chi connectivity index (χ1) is 13.8. The lowest BCUT2D eigenvalue weighted by Crippen LogP contribution is -2.51. The predicted octanol–water partition coefficient (Wildman–Crippen LogP) is 0.784. The van der Waals surface area contributed by atoms with E-state index in [1.807, 2.05) is 43.4 Å². The van der Waals surface area contributed by atoms with Crippen molar-refractivity contribution in [2.75, 3.05) is 39.3 Å². The number of aryl methyl sites for hydroxylation is 3. The molecule has 0 bridgehead atoms. The van der Waals surface area contributed by atoms with Gasteiger partial charge < -0.3 is 5.32 Å². The number of carbonyl (C=O) groups is 1. The number of carbonyl (C=O) groups excluding carboxylic acids is 1. The Hall–Kier alpha value is -2.23. The highest BCUT2D eigenvalue weighted by Gasteiger charge is 2.28. The Labute approximate surface area is 172 Å². The van der Waals surface area contributed by atoms with Crippen LogP contribution in [0, 0.1) is 6.92 Å². The van der Waals surface area contributed by atoms with Gasteiger partial charge in [-0.25, -0.2) is 8.42 Å². The second-order valence-corrected chi connectivity index (χ2v) is 9.41. The second kappa shape index (κ2) is 9.51. The number of nitrogens with zero attached hydrogens (tertiary/aromatic N) is 4. The lowest BCUT2D eigenvalue weighted by atomic mass is 10.2. The molecule has 2 heterocycles. The molecule has 0 unspecified atom stereocenters. The minimum atomic E-state index is -3.47. The Morgan fingerprint density at radius 1 is 1.14 bits per heavy atom. The van der Waals surface area contributed by atoms with Crippen molar-refractivity contribution in [3.05, 3.63) is 47.8 Å². The molecule has 0 saturated carbocycles. The summed E-state index contributed by atoms with van der Waals surface area (Å²) in [4.78, 5) is 14.5. The third kappa shape index (κ3) is 5.88. The number of aromatic nitrogens is 2. The van der Waals surface area contributed by atoms with Crippen LogP contribution >= 0.6 is 0 Å². The fourth-order valence-electron chi connectivity index (χ4n) is 3.37. The van der Waals surface area contributed by atoms with Gasteiger partial charge in [-0.05, 0) is 37.5 Å². The maximum atomic E-state index is 12.7. The van der Waals surface area contributed by atoms with Gasteiger partial charge in [0.1, 0.15) is 0 Å². The normalized spacial score (nSPS) is 16.1. The predicted molar refractivity (Wildman–Crippen MR) is 111 cm³/mol. The van der Waals surface area contributed by atoms with E-state index in [4.69, 9.17) is 0 Å². The van der Waals surface area contributed by atoms with Crippen molar-refractivity contribution in [1.29, 1.82) is 0 Å². The fraction of sp³-hybridized carbons (Fsp3) is 0.500. The van der Waals surface area contributed by atoms with Gasteiger partial charge in [0, 0.05) is 46.0 Å². The fourth-order valence-corrected chi connectivity index (χ4v) is 4.79. The Morgan fingerprint density at radius 3 is 2.45 bits per heavy atom. The van der Waals surface area contributed by atoms with Crippen molar-refractivity contribution in [3.63, 3.8) is 0 Å². The number of hydrogen-bond acceptors (Lipinski definition) is 5. The Bertz CT molecular complexity index is 916. The molecule has 1 N–H and O–H groups in total. The number of hydrogen-bond donors (Lipinski definition) is 1. The van der Waals surface area contributed by atoms with Gasteiger partial charge >= 0.3 is 0 Å². The summed E-state index contributed by atoms with van der Waals surface area (Å²) in [7, 11) is -1.59. The van der Waals surface area contributed by atoms with Gasteiger partial charge in [0.25, 0.3) is 0 Å². The van der Waals surface area contributed by atoms with E-state index < -0.39 is 10.0 Å².